The number of piperidine rings is 1. The van der Waals surface area contributed by atoms with E-state index in [-0.39, 0.29) is 6.10 Å². The number of aliphatic hydroxyl groups is 1. The molecule has 7 heteroatoms. The first-order valence-electron chi connectivity index (χ1n) is 11.3. The first kappa shape index (κ1) is 19.6. The molecule has 1 saturated heterocycles. The Labute approximate surface area is 177 Å². The second-order valence-electron chi connectivity index (χ2n) is 8.82. The van der Waals surface area contributed by atoms with E-state index in [1.807, 2.05) is 23.1 Å². The zero-order chi connectivity index (χ0) is 20.5. The number of hydrogen-bond acceptors (Lipinski definition) is 5. The lowest BCUT2D eigenvalue weighted by molar-refractivity contribution is 0.0810. The smallest absolute Gasteiger partial charge is 0.111 e. The minimum atomic E-state index is -0.124. The summed E-state index contributed by atoms with van der Waals surface area (Å²) in [7, 11) is 0. The highest BCUT2D eigenvalue weighted by Gasteiger charge is 2.22. The van der Waals surface area contributed by atoms with Crippen molar-refractivity contribution in [2.45, 2.75) is 64.3 Å². The summed E-state index contributed by atoms with van der Waals surface area (Å²) in [4.78, 5) is 7.62. The molecule has 160 valence electrons. The van der Waals surface area contributed by atoms with Crippen LogP contribution in [-0.2, 0) is 25.9 Å². The molecule has 2 aromatic heterocycles. The van der Waals surface area contributed by atoms with E-state index in [1.54, 1.807) is 0 Å². The molecule has 1 aromatic carbocycles. The predicted octanol–water partition coefficient (Wildman–Crippen LogP) is 2.68. The van der Waals surface area contributed by atoms with Crippen molar-refractivity contribution in [3.63, 3.8) is 0 Å². The lowest BCUT2D eigenvalue weighted by Gasteiger charge is -2.29. The summed E-state index contributed by atoms with van der Waals surface area (Å²) in [5.74, 6) is 1.14. The van der Waals surface area contributed by atoms with Gasteiger partial charge in [0.15, 0.2) is 0 Å². The van der Waals surface area contributed by atoms with Gasteiger partial charge in [0.05, 0.1) is 17.1 Å². The molecule has 0 spiro atoms. The van der Waals surface area contributed by atoms with Crippen LogP contribution in [0.2, 0.25) is 0 Å². The van der Waals surface area contributed by atoms with Gasteiger partial charge in [-0.1, -0.05) is 0 Å². The fourth-order valence-electron chi connectivity index (χ4n) is 4.85. The van der Waals surface area contributed by atoms with Crippen LogP contribution in [0.5, 0.6) is 0 Å². The number of aryl methyl sites for hydroxylation is 3. The summed E-state index contributed by atoms with van der Waals surface area (Å²) in [6, 6.07) is 6.96. The van der Waals surface area contributed by atoms with Crippen molar-refractivity contribution in [1.82, 2.24) is 24.2 Å². The van der Waals surface area contributed by atoms with Gasteiger partial charge in [0, 0.05) is 68.8 Å². The summed E-state index contributed by atoms with van der Waals surface area (Å²) < 4.78 is 4.40. The van der Waals surface area contributed by atoms with E-state index >= 15 is 0 Å². The quantitative estimate of drug-likeness (QED) is 0.656. The maximum Gasteiger partial charge on any atom is 0.111 e. The Bertz CT molecular complexity index is 987. The van der Waals surface area contributed by atoms with Crippen LogP contribution in [0, 0.1) is 0 Å². The molecule has 0 amide bonds. The normalized spacial score (nSPS) is 20.4. The highest BCUT2D eigenvalue weighted by molar-refractivity contribution is 5.86. The molecule has 1 atom stereocenters. The molecule has 0 unspecified atom stereocenters. The Morgan fingerprint density at radius 3 is 2.80 bits per heavy atom. The fourth-order valence-corrected chi connectivity index (χ4v) is 4.85. The Hall–Kier alpha value is -2.38. The molecule has 4 heterocycles. The average molecular weight is 409 g/mol. The summed E-state index contributed by atoms with van der Waals surface area (Å²) >= 11 is 0. The molecule has 2 aliphatic heterocycles. The van der Waals surface area contributed by atoms with E-state index in [1.165, 1.54) is 16.8 Å². The molecule has 2 aliphatic rings. The first-order chi connectivity index (χ1) is 14.7. The molecule has 30 heavy (non-hydrogen) atoms. The van der Waals surface area contributed by atoms with Gasteiger partial charge in [-0.15, -0.1) is 0 Å². The molecule has 7 nitrogen and oxygen atoms in total. The number of anilines is 1. The number of imidazole rings is 1. The second-order valence-corrected chi connectivity index (χ2v) is 8.82. The number of fused-ring (bicyclic) bond motifs is 3. The van der Waals surface area contributed by atoms with Crippen molar-refractivity contribution in [2.24, 2.45) is 0 Å². The van der Waals surface area contributed by atoms with Crippen LogP contribution in [0.1, 0.15) is 37.6 Å². The van der Waals surface area contributed by atoms with Crippen LogP contribution < -0.4 is 5.32 Å². The lowest BCUT2D eigenvalue weighted by atomic mass is 9.98. The number of rotatable bonds is 6. The maximum atomic E-state index is 9.80. The number of hydrogen-bond donors (Lipinski definition) is 2. The standard InChI is InChI=1S/C23H32N6O/c1-17-3-4-19-20(25-17)5-6-21-23(19)26-22(9-14-28-11-2-10-24-28)29(21)16-15-27-12-7-18(30)8-13-27/h2,5-6,10-11,17-18,25,30H,3-4,7-9,12-16H2,1H3/t17-/m0/s1. The van der Waals surface area contributed by atoms with Crippen LogP contribution in [0.15, 0.2) is 30.6 Å². The molecule has 3 aromatic rings. The van der Waals surface area contributed by atoms with E-state index in [0.717, 1.165) is 76.2 Å². The number of aliphatic hydroxyl groups excluding tert-OH is 1. The number of nitrogens with one attached hydrogen (secondary N) is 1. The molecule has 0 bridgehead atoms. The van der Waals surface area contributed by atoms with Crippen LogP contribution >= 0.6 is 0 Å². The fraction of sp³-hybridized carbons (Fsp3) is 0.565. The van der Waals surface area contributed by atoms with Gasteiger partial charge < -0.3 is 19.9 Å². The monoisotopic (exact) mass is 408 g/mol. The SMILES string of the molecule is C[C@H]1CCc2c(ccc3c2nc(CCn2cccn2)n3CCN2CCC(O)CC2)N1. The highest BCUT2D eigenvalue weighted by atomic mass is 16.3. The van der Waals surface area contributed by atoms with Crippen molar-refractivity contribution < 1.29 is 5.11 Å². The van der Waals surface area contributed by atoms with Gasteiger partial charge in [0.25, 0.3) is 0 Å². The Morgan fingerprint density at radius 2 is 2.00 bits per heavy atom. The van der Waals surface area contributed by atoms with E-state index in [9.17, 15) is 5.11 Å². The molecule has 2 N–H and O–H groups in total. The lowest BCUT2D eigenvalue weighted by Crippen LogP contribution is -2.37. The van der Waals surface area contributed by atoms with Crippen LogP contribution in [0.25, 0.3) is 11.0 Å². The number of likely N-dealkylation sites (tertiary alicyclic amines) is 1. The number of benzene rings is 1. The van der Waals surface area contributed by atoms with Gasteiger partial charge in [0.2, 0.25) is 0 Å². The van der Waals surface area contributed by atoms with Gasteiger partial charge in [0.1, 0.15) is 5.82 Å². The number of nitrogens with zero attached hydrogens (tertiary/aromatic N) is 5. The van der Waals surface area contributed by atoms with Gasteiger partial charge in [-0.3, -0.25) is 4.68 Å². The van der Waals surface area contributed by atoms with E-state index < -0.39 is 0 Å². The minimum Gasteiger partial charge on any atom is -0.393 e. The van der Waals surface area contributed by atoms with E-state index in [4.69, 9.17) is 4.98 Å². The topological polar surface area (TPSA) is 71.1 Å². The van der Waals surface area contributed by atoms with Crippen molar-refractivity contribution in [2.75, 3.05) is 25.0 Å². The van der Waals surface area contributed by atoms with Gasteiger partial charge in [-0.05, 0) is 50.8 Å². The van der Waals surface area contributed by atoms with Gasteiger partial charge >= 0.3 is 0 Å². The minimum absolute atomic E-state index is 0.124. The summed E-state index contributed by atoms with van der Waals surface area (Å²) in [5, 5.41) is 17.8. The maximum absolute atomic E-state index is 9.80. The molecule has 5 rings (SSSR count). The highest BCUT2D eigenvalue weighted by Crippen LogP contribution is 2.32. The third kappa shape index (κ3) is 3.96. The molecule has 0 radical (unpaired) electrons. The third-order valence-electron chi connectivity index (χ3n) is 6.65. The van der Waals surface area contributed by atoms with E-state index in [2.05, 4.69) is 38.9 Å². The molecular formula is C23H32N6O. The molecule has 0 aliphatic carbocycles. The predicted molar refractivity (Wildman–Crippen MR) is 119 cm³/mol. The number of aromatic nitrogens is 4. The Kier molecular flexibility index (Phi) is 5.48. The Balaban J connectivity index is 1.43. The summed E-state index contributed by atoms with van der Waals surface area (Å²) in [6.45, 7) is 6.98. The van der Waals surface area contributed by atoms with Crippen LogP contribution in [0.4, 0.5) is 5.69 Å². The van der Waals surface area contributed by atoms with E-state index in [0.29, 0.717) is 6.04 Å². The first-order valence-corrected chi connectivity index (χ1v) is 11.3. The van der Waals surface area contributed by atoms with Crippen LogP contribution in [-0.4, -0.2) is 61.1 Å². The summed E-state index contributed by atoms with van der Waals surface area (Å²) in [6.07, 6.45) is 8.59. The van der Waals surface area contributed by atoms with Crippen LogP contribution in [0.3, 0.4) is 0 Å². The van der Waals surface area contributed by atoms with Crippen molar-refractivity contribution in [1.29, 1.82) is 0 Å². The molecule has 0 saturated carbocycles. The van der Waals surface area contributed by atoms with Crippen molar-refractivity contribution >= 4 is 16.7 Å². The van der Waals surface area contributed by atoms with Gasteiger partial charge in [-0.25, -0.2) is 4.98 Å². The summed E-state index contributed by atoms with van der Waals surface area (Å²) in [5.41, 5.74) is 5.02. The zero-order valence-corrected chi connectivity index (χ0v) is 17.8. The zero-order valence-electron chi connectivity index (χ0n) is 17.8. The van der Waals surface area contributed by atoms with Gasteiger partial charge in [-0.2, -0.15) is 5.10 Å². The third-order valence-corrected chi connectivity index (χ3v) is 6.65. The Morgan fingerprint density at radius 1 is 1.13 bits per heavy atom. The average Bonchev–Trinajstić information content (AvgIpc) is 3.39. The van der Waals surface area contributed by atoms with Crippen molar-refractivity contribution in [3.05, 3.63) is 42.0 Å². The molecular weight excluding hydrogens is 376 g/mol. The van der Waals surface area contributed by atoms with Crippen molar-refractivity contribution in [3.8, 4) is 0 Å². The second kappa shape index (κ2) is 8.40. The largest absolute Gasteiger partial charge is 0.393 e. The molecule has 1 fully saturated rings.